The molecule has 0 atom stereocenters. The van der Waals surface area contributed by atoms with E-state index in [0.717, 1.165) is 38.6 Å². The van der Waals surface area contributed by atoms with Gasteiger partial charge in [0.15, 0.2) is 0 Å². The molecular weight excluding hydrogens is 264 g/mol. The zero-order valence-electron chi connectivity index (χ0n) is 13.6. The van der Waals surface area contributed by atoms with Crippen LogP contribution in [0, 0.1) is 6.92 Å². The van der Waals surface area contributed by atoms with Gasteiger partial charge in [0.25, 0.3) is 0 Å². The predicted octanol–water partition coefficient (Wildman–Crippen LogP) is 2.30. The summed E-state index contributed by atoms with van der Waals surface area (Å²) in [5, 5.41) is 0. The van der Waals surface area contributed by atoms with Gasteiger partial charge in [-0.3, -0.25) is 4.90 Å². The van der Waals surface area contributed by atoms with Crippen molar-refractivity contribution < 1.29 is 9.47 Å². The molecule has 4 heteroatoms. The molecule has 0 aliphatic carbocycles. The highest BCUT2D eigenvalue weighted by Crippen LogP contribution is 2.34. The maximum Gasteiger partial charge on any atom is 0.142 e. The standard InChI is InChI=1S/C17H26N2O2/c1-13-5-6-15(16(9-13)20-4)18-7-8-19(14-10-21-11-14)17(2,3)12-18/h5-6,9,14H,7-8,10-12H2,1-4H3. The number of aryl methyl sites for hydroxylation is 1. The van der Waals surface area contributed by atoms with E-state index in [4.69, 9.17) is 9.47 Å². The lowest BCUT2D eigenvalue weighted by Gasteiger charge is -2.53. The van der Waals surface area contributed by atoms with Gasteiger partial charge in [-0.25, -0.2) is 0 Å². The lowest BCUT2D eigenvalue weighted by atomic mass is 9.95. The van der Waals surface area contributed by atoms with Crippen molar-refractivity contribution in [2.75, 3.05) is 44.9 Å². The second kappa shape index (κ2) is 5.50. The average molecular weight is 290 g/mol. The molecule has 0 saturated carbocycles. The number of methoxy groups -OCH3 is 1. The molecule has 1 aromatic carbocycles. The monoisotopic (exact) mass is 290 g/mol. The molecule has 0 unspecified atom stereocenters. The Balaban J connectivity index is 1.79. The summed E-state index contributed by atoms with van der Waals surface area (Å²) in [6, 6.07) is 7.07. The van der Waals surface area contributed by atoms with Crippen molar-refractivity contribution in [2.45, 2.75) is 32.4 Å². The van der Waals surface area contributed by atoms with E-state index in [1.54, 1.807) is 7.11 Å². The van der Waals surface area contributed by atoms with E-state index in [9.17, 15) is 0 Å². The predicted molar refractivity (Wildman–Crippen MR) is 85.3 cm³/mol. The van der Waals surface area contributed by atoms with Crippen LogP contribution in [0.15, 0.2) is 18.2 Å². The third kappa shape index (κ3) is 2.74. The van der Waals surface area contributed by atoms with Crippen molar-refractivity contribution in [2.24, 2.45) is 0 Å². The van der Waals surface area contributed by atoms with E-state index in [1.165, 1.54) is 11.3 Å². The molecule has 116 valence electrons. The molecule has 0 amide bonds. The Bertz CT molecular complexity index is 512. The fourth-order valence-corrected chi connectivity index (χ4v) is 3.50. The second-order valence-corrected chi connectivity index (χ2v) is 6.79. The van der Waals surface area contributed by atoms with Gasteiger partial charge >= 0.3 is 0 Å². The summed E-state index contributed by atoms with van der Waals surface area (Å²) in [7, 11) is 1.76. The van der Waals surface area contributed by atoms with Gasteiger partial charge in [-0.1, -0.05) is 6.07 Å². The van der Waals surface area contributed by atoms with E-state index < -0.39 is 0 Å². The van der Waals surface area contributed by atoms with Gasteiger partial charge < -0.3 is 14.4 Å². The Morgan fingerprint density at radius 1 is 1.24 bits per heavy atom. The van der Waals surface area contributed by atoms with E-state index >= 15 is 0 Å². The Kier molecular flexibility index (Phi) is 3.84. The SMILES string of the molecule is COc1cc(C)ccc1N1CCN(C2COC2)C(C)(C)C1. The summed E-state index contributed by atoms with van der Waals surface area (Å²) >= 11 is 0. The molecule has 0 spiro atoms. The van der Waals surface area contributed by atoms with Crippen LogP contribution in [0.2, 0.25) is 0 Å². The Morgan fingerprint density at radius 3 is 2.57 bits per heavy atom. The van der Waals surface area contributed by atoms with Crippen LogP contribution in [0.5, 0.6) is 5.75 Å². The lowest BCUT2D eigenvalue weighted by Crippen LogP contribution is -2.66. The first-order chi connectivity index (χ1) is 10.0. The van der Waals surface area contributed by atoms with Crippen LogP contribution >= 0.6 is 0 Å². The molecule has 21 heavy (non-hydrogen) atoms. The zero-order chi connectivity index (χ0) is 15.0. The minimum Gasteiger partial charge on any atom is -0.495 e. The van der Waals surface area contributed by atoms with E-state index in [1.807, 2.05) is 0 Å². The van der Waals surface area contributed by atoms with Crippen LogP contribution < -0.4 is 9.64 Å². The minimum absolute atomic E-state index is 0.155. The summed E-state index contributed by atoms with van der Waals surface area (Å²) in [4.78, 5) is 5.06. The van der Waals surface area contributed by atoms with Gasteiger partial charge in [-0.05, 0) is 38.5 Å². The molecule has 1 aromatic rings. The van der Waals surface area contributed by atoms with Crippen LogP contribution in [-0.2, 0) is 4.74 Å². The number of ether oxygens (including phenoxy) is 2. The number of piperazine rings is 1. The van der Waals surface area contributed by atoms with Crippen LogP contribution in [-0.4, -0.2) is 56.4 Å². The molecule has 3 rings (SSSR count). The highest BCUT2D eigenvalue weighted by molar-refractivity contribution is 5.60. The number of hydrogen-bond donors (Lipinski definition) is 0. The summed E-state index contributed by atoms with van der Waals surface area (Å²) in [5.74, 6) is 0.978. The van der Waals surface area contributed by atoms with Gasteiger partial charge in [0, 0.05) is 25.2 Å². The van der Waals surface area contributed by atoms with Crippen LogP contribution in [0.25, 0.3) is 0 Å². The number of rotatable bonds is 3. The topological polar surface area (TPSA) is 24.9 Å². The van der Waals surface area contributed by atoms with Gasteiger partial charge in [0.2, 0.25) is 0 Å². The summed E-state index contributed by atoms with van der Waals surface area (Å²) in [5.41, 5.74) is 2.60. The Labute approximate surface area is 127 Å². The number of nitrogens with zero attached hydrogens (tertiary/aromatic N) is 2. The second-order valence-electron chi connectivity index (χ2n) is 6.79. The van der Waals surface area contributed by atoms with Gasteiger partial charge in [-0.15, -0.1) is 0 Å². The largest absolute Gasteiger partial charge is 0.495 e. The quantitative estimate of drug-likeness (QED) is 0.853. The van der Waals surface area contributed by atoms with E-state index in [-0.39, 0.29) is 5.54 Å². The van der Waals surface area contributed by atoms with Crippen molar-refractivity contribution >= 4 is 5.69 Å². The smallest absolute Gasteiger partial charge is 0.142 e. The van der Waals surface area contributed by atoms with Crippen LogP contribution in [0.4, 0.5) is 5.69 Å². The van der Waals surface area contributed by atoms with Crippen molar-refractivity contribution in [1.82, 2.24) is 4.90 Å². The maximum absolute atomic E-state index is 5.58. The fraction of sp³-hybridized carbons (Fsp3) is 0.647. The Hall–Kier alpha value is -1.26. The molecule has 2 aliphatic rings. The van der Waals surface area contributed by atoms with Gasteiger partial charge in [0.1, 0.15) is 5.75 Å². The van der Waals surface area contributed by atoms with Gasteiger partial charge in [-0.2, -0.15) is 0 Å². The third-order valence-electron chi connectivity index (χ3n) is 4.70. The lowest BCUT2D eigenvalue weighted by molar-refractivity contribution is -0.100. The average Bonchev–Trinajstić information content (AvgIpc) is 2.38. The van der Waals surface area contributed by atoms with Crippen molar-refractivity contribution in [1.29, 1.82) is 0 Å². The summed E-state index contributed by atoms with van der Waals surface area (Å²) in [6.45, 7) is 11.7. The van der Waals surface area contributed by atoms with Crippen LogP contribution in [0.1, 0.15) is 19.4 Å². The fourth-order valence-electron chi connectivity index (χ4n) is 3.50. The molecular formula is C17H26N2O2. The van der Waals surface area contributed by atoms with E-state index in [2.05, 4.69) is 48.8 Å². The molecule has 4 nitrogen and oxygen atoms in total. The first-order valence-corrected chi connectivity index (χ1v) is 7.75. The Morgan fingerprint density at radius 2 is 2.00 bits per heavy atom. The highest BCUT2D eigenvalue weighted by Gasteiger charge is 2.40. The molecule has 0 N–H and O–H groups in total. The normalized spacial score (nSPS) is 23.0. The first-order valence-electron chi connectivity index (χ1n) is 7.75. The number of benzene rings is 1. The molecule has 2 aliphatic heterocycles. The molecule has 2 fully saturated rings. The highest BCUT2D eigenvalue weighted by atomic mass is 16.5. The molecule has 0 bridgehead atoms. The van der Waals surface area contributed by atoms with Gasteiger partial charge in [0.05, 0.1) is 32.1 Å². The zero-order valence-corrected chi connectivity index (χ0v) is 13.6. The first kappa shape index (κ1) is 14.7. The van der Waals surface area contributed by atoms with E-state index in [0.29, 0.717) is 6.04 Å². The number of anilines is 1. The maximum atomic E-state index is 5.58. The summed E-state index contributed by atoms with van der Waals surface area (Å²) < 4.78 is 10.9. The van der Waals surface area contributed by atoms with Crippen molar-refractivity contribution in [3.8, 4) is 5.75 Å². The molecule has 2 saturated heterocycles. The van der Waals surface area contributed by atoms with Crippen molar-refractivity contribution in [3.63, 3.8) is 0 Å². The third-order valence-corrected chi connectivity index (χ3v) is 4.70. The molecule has 0 radical (unpaired) electrons. The minimum atomic E-state index is 0.155. The summed E-state index contributed by atoms with van der Waals surface area (Å²) in [6.07, 6.45) is 0. The van der Waals surface area contributed by atoms with Crippen molar-refractivity contribution in [3.05, 3.63) is 23.8 Å². The molecule has 0 aromatic heterocycles. The number of hydrogen-bond acceptors (Lipinski definition) is 4. The van der Waals surface area contributed by atoms with Crippen LogP contribution in [0.3, 0.4) is 0 Å². The molecule has 2 heterocycles.